The standard InChI is InChI=1S/C22H26N10O3S2/c1-34-17-5-4-14(10-15(17)13-37-22-24-6-9-36-22)11-25-27-21(33)18-16(12-31-7-2-3-8-31)26-30-32(18)20-19(23)28-35-29-20/h4-5,10-11H,2-3,6-9,12-13H2,1H3,(H2,23,28)(H,27,33)/b25-11+. The van der Waals surface area contributed by atoms with Crippen LogP contribution < -0.4 is 15.9 Å². The van der Waals surface area contributed by atoms with Crippen LogP contribution in [-0.2, 0) is 12.3 Å². The minimum atomic E-state index is -0.501. The number of amides is 1. The molecule has 2 aliphatic rings. The van der Waals surface area contributed by atoms with Gasteiger partial charge in [0, 0.05) is 23.6 Å². The van der Waals surface area contributed by atoms with Crippen LogP contribution in [0.4, 0.5) is 5.82 Å². The first kappa shape index (κ1) is 25.2. The lowest BCUT2D eigenvalue weighted by Gasteiger charge is -2.13. The van der Waals surface area contributed by atoms with Crippen LogP contribution in [0.2, 0.25) is 0 Å². The van der Waals surface area contributed by atoms with Gasteiger partial charge in [-0.3, -0.25) is 14.7 Å². The highest BCUT2D eigenvalue weighted by atomic mass is 32.2. The zero-order chi connectivity index (χ0) is 25.6. The third kappa shape index (κ3) is 5.94. The Labute approximate surface area is 221 Å². The van der Waals surface area contributed by atoms with Crippen LogP contribution in [0.1, 0.15) is 40.2 Å². The Morgan fingerprint density at radius 1 is 1.35 bits per heavy atom. The van der Waals surface area contributed by atoms with Crippen LogP contribution in [0.3, 0.4) is 0 Å². The first-order valence-electron chi connectivity index (χ1n) is 11.7. The zero-order valence-electron chi connectivity index (χ0n) is 20.2. The van der Waals surface area contributed by atoms with Gasteiger partial charge in [-0.05, 0) is 60.0 Å². The molecule has 0 saturated carbocycles. The second-order valence-corrected chi connectivity index (χ2v) is 10.6. The van der Waals surface area contributed by atoms with Gasteiger partial charge in [0.05, 0.1) is 19.9 Å². The van der Waals surface area contributed by atoms with Gasteiger partial charge in [-0.25, -0.2) is 10.1 Å². The van der Waals surface area contributed by atoms with E-state index in [-0.39, 0.29) is 17.3 Å². The molecule has 1 amide bonds. The van der Waals surface area contributed by atoms with Crippen molar-refractivity contribution in [3.05, 3.63) is 40.7 Å². The molecule has 1 saturated heterocycles. The van der Waals surface area contributed by atoms with Gasteiger partial charge in [0.1, 0.15) is 15.8 Å². The molecule has 37 heavy (non-hydrogen) atoms. The fourth-order valence-electron chi connectivity index (χ4n) is 4.04. The van der Waals surface area contributed by atoms with Crippen molar-refractivity contribution in [2.24, 2.45) is 10.1 Å². The van der Waals surface area contributed by atoms with E-state index in [1.165, 1.54) is 4.68 Å². The van der Waals surface area contributed by atoms with Gasteiger partial charge in [0.15, 0.2) is 5.69 Å². The van der Waals surface area contributed by atoms with Gasteiger partial charge in [0.25, 0.3) is 5.91 Å². The normalized spacial score (nSPS) is 16.0. The van der Waals surface area contributed by atoms with E-state index >= 15 is 0 Å². The molecule has 0 aliphatic carbocycles. The molecule has 15 heteroatoms. The molecular weight excluding hydrogens is 516 g/mol. The molecule has 1 aromatic carbocycles. The molecule has 2 aliphatic heterocycles. The number of aromatic nitrogens is 5. The van der Waals surface area contributed by atoms with Crippen LogP contribution in [0.5, 0.6) is 5.75 Å². The molecule has 2 aromatic heterocycles. The number of carbonyl (C=O) groups excluding carboxylic acids is 1. The number of anilines is 1. The summed E-state index contributed by atoms with van der Waals surface area (Å²) in [5, 5.41) is 19.8. The molecule has 3 aromatic rings. The summed E-state index contributed by atoms with van der Waals surface area (Å²) >= 11 is 3.46. The number of nitrogens with zero attached hydrogens (tertiary/aromatic N) is 8. The highest BCUT2D eigenvalue weighted by Crippen LogP contribution is 2.29. The lowest BCUT2D eigenvalue weighted by atomic mass is 10.1. The lowest BCUT2D eigenvalue weighted by Crippen LogP contribution is -2.26. The van der Waals surface area contributed by atoms with Crippen molar-refractivity contribution in [2.75, 3.05) is 38.2 Å². The predicted molar refractivity (Wildman–Crippen MR) is 142 cm³/mol. The van der Waals surface area contributed by atoms with Crippen molar-refractivity contribution in [1.82, 2.24) is 35.6 Å². The summed E-state index contributed by atoms with van der Waals surface area (Å²) in [6.45, 7) is 3.21. The van der Waals surface area contributed by atoms with Gasteiger partial charge in [-0.1, -0.05) is 28.7 Å². The minimum absolute atomic E-state index is 0.000716. The molecule has 3 N–H and O–H groups in total. The molecule has 194 valence electrons. The summed E-state index contributed by atoms with van der Waals surface area (Å²) in [7, 11) is 1.65. The molecular formula is C22H26N10O3S2. The molecule has 1 fully saturated rings. The number of ether oxygens (including phenoxy) is 1. The summed E-state index contributed by atoms with van der Waals surface area (Å²) in [5.74, 6) is 2.13. The second kappa shape index (κ2) is 11.7. The van der Waals surface area contributed by atoms with Crippen LogP contribution >= 0.6 is 23.5 Å². The molecule has 13 nitrogen and oxygen atoms in total. The van der Waals surface area contributed by atoms with Gasteiger partial charge in [-0.15, -0.1) is 5.10 Å². The molecule has 0 unspecified atom stereocenters. The zero-order valence-corrected chi connectivity index (χ0v) is 21.8. The number of thioether (sulfide) groups is 2. The average molecular weight is 543 g/mol. The molecule has 5 rings (SSSR count). The van der Waals surface area contributed by atoms with Crippen molar-refractivity contribution in [2.45, 2.75) is 25.1 Å². The lowest BCUT2D eigenvalue weighted by molar-refractivity contribution is 0.0945. The Balaban J connectivity index is 1.32. The van der Waals surface area contributed by atoms with E-state index in [1.54, 1.807) is 36.8 Å². The second-order valence-electron chi connectivity index (χ2n) is 8.31. The maximum absolute atomic E-state index is 13.2. The number of nitrogens with two attached hydrogens (primary N) is 1. The number of rotatable bonds is 9. The quantitative estimate of drug-likeness (QED) is 0.300. The Bertz CT molecular complexity index is 1320. The largest absolute Gasteiger partial charge is 0.496 e. The SMILES string of the molecule is COc1ccc(/C=N/NC(=O)c2c(CN3CCCC3)nnn2-c2nonc2N)cc1CSC1=NCCS1. The monoisotopic (exact) mass is 542 g/mol. The first-order chi connectivity index (χ1) is 18.1. The Kier molecular flexibility index (Phi) is 8.01. The van der Waals surface area contributed by atoms with E-state index in [0.29, 0.717) is 12.2 Å². The van der Waals surface area contributed by atoms with Crippen LogP contribution in [-0.4, -0.2) is 79.2 Å². The summed E-state index contributed by atoms with van der Waals surface area (Å²) in [5.41, 5.74) is 10.9. The van der Waals surface area contributed by atoms with Gasteiger partial charge in [-0.2, -0.15) is 9.78 Å². The molecule has 0 radical (unpaired) electrons. The predicted octanol–water partition coefficient (Wildman–Crippen LogP) is 1.94. The number of methoxy groups -OCH3 is 1. The molecule has 0 spiro atoms. The number of likely N-dealkylation sites (tertiary alicyclic amines) is 1. The Morgan fingerprint density at radius 2 is 2.22 bits per heavy atom. The summed E-state index contributed by atoms with van der Waals surface area (Å²) < 4.78 is 12.5. The maximum Gasteiger partial charge on any atom is 0.292 e. The van der Waals surface area contributed by atoms with Gasteiger partial charge >= 0.3 is 0 Å². The number of nitrogens with one attached hydrogen (secondary N) is 1. The smallest absolute Gasteiger partial charge is 0.292 e. The van der Waals surface area contributed by atoms with Gasteiger partial charge < -0.3 is 10.5 Å². The number of hydrogen-bond acceptors (Lipinski definition) is 13. The van der Waals surface area contributed by atoms with Crippen LogP contribution in [0.15, 0.2) is 32.9 Å². The molecule has 0 bridgehead atoms. The van der Waals surface area contributed by atoms with Crippen molar-refractivity contribution >= 4 is 45.8 Å². The van der Waals surface area contributed by atoms with Crippen molar-refractivity contribution in [3.63, 3.8) is 0 Å². The first-order valence-corrected chi connectivity index (χ1v) is 13.6. The van der Waals surface area contributed by atoms with E-state index in [1.807, 2.05) is 18.2 Å². The number of hydrazone groups is 1. The maximum atomic E-state index is 13.2. The van der Waals surface area contributed by atoms with Crippen molar-refractivity contribution in [3.8, 4) is 11.6 Å². The topological polar surface area (TPSA) is 162 Å². The van der Waals surface area contributed by atoms with Crippen LogP contribution in [0.25, 0.3) is 5.82 Å². The van der Waals surface area contributed by atoms with E-state index in [4.69, 9.17) is 15.1 Å². The Morgan fingerprint density at radius 3 is 2.95 bits per heavy atom. The van der Waals surface area contributed by atoms with Crippen molar-refractivity contribution in [1.29, 1.82) is 0 Å². The highest BCUT2D eigenvalue weighted by Gasteiger charge is 2.27. The van der Waals surface area contributed by atoms with E-state index < -0.39 is 5.91 Å². The fraction of sp³-hybridized carbons (Fsp3) is 0.409. The fourth-order valence-corrected chi connectivity index (χ4v) is 6.02. The Hall–Kier alpha value is -3.43. The number of hydrogen-bond donors (Lipinski definition) is 2. The van der Waals surface area contributed by atoms with E-state index in [9.17, 15) is 4.79 Å². The summed E-state index contributed by atoms with van der Waals surface area (Å²) in [6.07, 6.45) is 3.79. The third-order valence-electron chi connectivity index (χ3n) is 5.82. The molecule has 0 atom stereocenters. The summed E-state index contributed by atoms with van der Waals surface area (Å²) in [4.78, 5) is 19.9. The van der Waals surface area contributed by atoms with Crippen LogP contribution in [0, 0.1) is 0 Å². The van der Waals surface area contributed by atoms with E-state index in [2.05, 4.69) is 41.0 Å². The number of nitrogen functional groups attached to an aromatic ring is 1. The average Bonchev–Trinajstić information content (AvgIpc) is 3.71. The number of aliphatic imine (C=N–C) groups is 1. The third-order valence-corrected chi connectivity index (χ3v) is 8.12. The minimum Gasteiger partial charge on any atom is -0.496 e. The van der Waals surface area contributed by atoms with E-state index in [0.717, 1.165) is 65.2 Å². The number of benzene rings is 1. The summed E-state index contributed by atoms with van der Waals surface area (Å²) in [6, 6.07) is 5.74. The highest BCUT2D eigenvalue weighted by molar-refractivity contribution is 8.38. The van der Waals surface area contributed by atoms with Crippen molar-refractivity contribution < 1.29 is 14.2 Å². The van der Waals surface area contributed by atoms with Gasteiger partial charge in [0.2, 0.25) is 11.6 Å². The number of carbonyl (C=O) groups is 1. The molecule has 4 heterocycles.